The van der Waals surface area contributed by atoms with Crippen LogP contribution in [0.15, 0.2) is 40.2 Å². The number of hydrogen-bond donors (Lipinski definition) is 4. The van der Waals surface area contributed by atoms with E-state index in [0.29, 0.717) is 35.5 Å². The van der Waals surface area contributed by atoms with Gasteiger partial charge >= 0.3 is 0 Å². The Bertz CT molecular complexity index is 1020. The molecule has 0 bridgehead atoms. The number of halogens is 1. The molecule has 188 valence electrons. The minimum absolute atomic E-state index is 0.176. The highest BCUT2D eigenvalue weighted by Gasteiger charge is 2.39. The summed E-state index contributed by atoms with van der Waals surface area (Å²) < 4.78 is 5.14. The summed E-state index contributed by atoms with van der Waals surface area (Å²) in [6.07, 6.45) is 10.3. The molecular weight excluding hydrogens is 468 g/mol. The second-order valence-corrected chi connectivity index (χ2v) is 9.87. The lowest BCUT2D eigenvalue weighted by atomic mass is 9.91. The van der Waals surface area contributed by atoms with E-state index in [4.69, 9.17) is 21.4 Å². The fourth-order valence-electron chi connectivity index (χ4n) is 4.68. The van der Waals surface area contributed by atoms with E-state index < -0.39 is 6.04 Å². The number of amidine groups is 2. The smallest absolute Gasteiger partial charge is 0.251 e. The van der Waals surface area contributed by atoms with Gasteiger partial charge < -0.3 is 26.0 Å². The zero-order chi connectivity index (χ0) is 24.2. The molecule has 1 amide bonds. The standard InChI is InChI=1S/C24H33ClN8O2/c1-35-11-10-26-15-2-4-17(5-3-15)30-22-13-19(29-16-6-7-16)23-28-14-20(33(23)32-22)24(34)31-18-8-9-27-21(25)12-18/h8-9,12-13,15-17,20,26,29H,2-7,10-11,14H2,1H3,(H,30,32)(H,27,31,34)/t15-,17-,20?. The van der Waals surface area contributed by atoms with Gasteiger partial charge in [-0.1, -0.05) is 11.6 Å². The number of amides is 1. The van der Waals surface area contributed by atoms with E-state index in [1.807, 2.05) is 6.08 Å². The molecule has 0 radical (unpaired) electrons. The number of fused-ring (bicyclic) bond motifs is 1. The first-order valence-corrected chi connectivity index (χ1v) is 12.8. The van der Waals surface area contributed by atoms with Gasteiger partial charge in [0, 0.05) is 49.7 Å². The van der Waals surface area contributed by atoms with Crippen LogP contribution >= 0.6 is 11.6 Å². The van der Waals surface area contributed by atoms with Crippen LogP contribution in [0, 0.1) is 0 Å². The monoisotopic (exact) mass is 500 g/mol. The Morgan fingerprint density at radius 2 is 1.89 bits per heavy atom. The number of carbonyl (C=O) groups is 1. The molecule has 35 heavy (non-hydrogen) atoms. The minimum atomic E-state index is -0.529. The van der Waals surface area contributed by atoms with Gasteiger partial charge in [-0.3, -0.25) is 9.79 Å². The van der Waals surface area contributed by atoms with E-state index in [1.54, 1.807) is 30.4 Å². The zero-order valence-electron chi connectivity index (χ0n) is 20.0. The van der Waals surface area contributed by atoms with Crippen LogP contribution in [-0.2, 0) is 9.53 Å². The minimum Gasteiger partial charge on any atom is -0.383 e. The third kappa shape index (κ3) is 6.12. The van der Waals surface area contributed by atoms with Crippen LogP contribution in [-0.4, -0.2) is 78.5 Å². The van der Waals surface area contributed by atoms with Crippen LogP contribution in [0.1, 0.15) is 38.5 Å². The number of anilines is 1. The van der Waals surface area contributed by atoms with E-state index in [9.17, 15) is 4.79 Å². The number of aromatic nitrogens is 1. The highest BCUT2D eigenvalue weighted by atomic mass is 35.5. The van der Waals surface area contributed by atoms with Crippen LogP contribution in [0.4, 0.5) is 5.69 Å². The zero-order valence-corrected chi connectivity index (χ0v) is 20.7. The number of nitrogens with one attached hydrogen (secondary N) is 4. The van der Waals surface area contributed by atoms with Crippen molar-refractivity contribution in [2.45, 2.75) is 62.7 Å². The normalized spacial score (nSPS) is 25.8. The molecule has 2 fully saturated rings. The quantitative estimate of drug-likeness (QED) is 0.302. The Morgan fingerprint density at radius 1 is 1.14 bits per heavy atom. The van der Waals surface area contributed by atoms with Crippen LogP contribution in [0.5, 0.6) is 0 Å². The van der Waals surface area contributed by atoms with E-state index in [1.165, 1.54) is 0 Å². The largest absolute Gasteiger partial charge is 0.383 e. The number of nitrogens with zero attached hydrogens (tertiary/aromatic N) is 4. The number of hydrazone groups is 1. The van der Waals surface area contributed by atoms with Gasteiger partial charge in [-0.25, -0.2) is 9.99 Å². The van der Waals surface area contributed by atoms with Crippen molar-refractivity contribution >= 4 is 34.9 Å². The van der Waals surface area contributed by atoms with Gasteiger partial charge in [-0.05, 0) is 50.7 Å². The van der Waals surface area contributed by atoms with E-state index in [2.05, 4.69) is 31.2 Å². The number of rotatable bonds is 9. The van der Waals surface area contributed by atoms with Crippen molar-refractivity contribution < 1.29 is 9.53 Å². The molecule has 0 saturated heterocycles. The summed E-state index contributed by atoms with van der Waals surface area (Å²) in [6.45, 7) is 1.97. The maximum absolute atomic E-state index is 13.1. The summed E-state index contributed by atoms with van der Waals surface area (Å²) in [5.41, 5.74) is 1.53. The van der Waals surface area contributed by atoms with Crippen molar-refractivity contribution in [3.05, 3.63) is 35.3 Å². The topological polar surface area (TPSA) is 115 Å². The summed E-state index contributed by atoms with van der Waals surface area (Å²) in [4.78, 5) is 21.8. The first-order valence-electron chi connectivity index (χ1n) is 12.4. The molecule has 2 saturated carbocycles. The number of ether oxygens (including phenoxy) is 1. The lowest BCUT2D eigenvalue weighted by Crippen LogP contribution is -2.49. The van der Waals surface area contributed by atoms with Gasteiger partial charge in [0.2, 0.25) is 0 Å². The van der Waals surface area contributed by atoms with Crippen LogP contribution in [0.2, 0.25) is 5.15 Å². The summed E-state index contributed by atoms with van der Waals surface area (Å²) >= 11 is 5.97. The molecule has 10 nitrogen and oxygen atoms in total. The van der Waals surface area contributed by atoms with Gasteiger partial charge in [-0.2, -0.15) is 5.10 Å². The fraction of sp³-hybridized carbons (Fsp3) is 0.583. The molecule has 2 aliphatic carbocycles. The van der Waals surface area contributed by atoms with Gasteiger partial charge in [0.15, 0.2) is 11.9 Å². The van der Waals surface area contributed by atoms with Crippen molar-refractivity contribution in [2.24, 2.45) is 10.1 Å². The second-order valence-electron chi connectivity index (χ2n) is 9.48. The SMILES string of the molecule is COCCN[C@H]1CC[C@H](NC2=NN3C(=NCC3C(=O)Nc3ccnc(Cl)c3)C(NC3CC3)=C2)CC1. The molecular formula is C24H33ClN8O2. The molecule has 1 atom stereocenters. The molecule has 4 N–H and O–H groups in total. The maximum atomic E-state index is 13.1. The Balaban J connectivity index is 1.24. The molecule has 1 unspecified atom stereocenters. The van der Waals surface area contributed by atoms with Crippen molar-refractivity contribution in [1.29, 1.82) is 0 Å². The summed E-state index contributed by atoms with van der Waals surface area (Å²) in [6, 6.07) is 4.16. The average molecular weight is 501 g/mol. The predicted molar refractivity (Wildman–Crippen MR) is 137 cm³/mol. The van der Waals surface area contributed by atoms with E-state index in [0.717, 1.165) is 69.0 Å². The predicted octanol–water partition coefficient (Wildman–Crippen LogP) is 1.86. The first kappa shape index (κ1) is 24.0. The summed E-state index contributed by atoms with van der Waals surface area (Å²) in [7, 11) is 1.73. The van der Waals surface area contributed by atoms with E-state index >= 15 is 0 Å². The molecule has 2 aliphatic heterocycles. The molecule has 3 heterocycles. The van der Waals surface area contributed by atoms with Crippen molar-refractivity contribution in [1.82, 2.24) is 25.9 Å². The van der Waals surface area contributed by atoms with Crippen molar-refractivity contribution in [2.75, 3.05) is 32.1 Å². The highest BCUT2D eigenvalue weighted by Crippen LogP contribution is 2.26. The Labute approximate surface area is 210 Å². The maximum Gasteiger partial charge on any atom is 0.251 e. The molecule has 11 heteroatoms. The van der Waals surface area contributed by atoms with Crippen molar-refractivity contribution in [3.63, 3.8) is 0 Å². The van der Waals surface area contributed by atoms with Gasteiger partial charge in [0.25, 0.3) is 5.91 Å². The molecule has 1 aromatic heterocycles. The average Bonchev–Trinajstić information content (AvgIpc) is 3.55. The summed E-state index contributed by atoms with van der Waals surface area (Å²) in [5, 5.41) is 20.6. The van der Waals surface area contributed by atoms with Gasteiger partial charge in [-0.15, -0.1) is 0 Å². The Morgan fingerprint density at radius 3 is 2.63 bits per heavy atom. The Kier molecular flexibility index (Phi) is 7.50. The molecule has 0 aromatic carbocycles. The third-order valence-corrected chi connectivity index (χ3v) is 6.92. The van der Waals surface area contributed by atoms with Crippen LogP contribution in [0.25, 0.3) is 0 Å². The highest BCUT2D eigenvalue weighted by molar-refractivity contribution is 6.29. The van der Waals surface area contributed by atoms with Crippen LogP contribution in [0.3, 0.4) is 0 Å². The number of pyridine rings is 1. The first-order chi connectivity index (χ1) is 17.1. The fourth-order valence-corrected chi connectivity index (χ4v) is 4.86. The Hall–Kier alpha value is -2.69. The number of hydrogen-bond acceptors (Lipinski definition) is 9. The van der Waals surface area contributed by atoms with Gasteiger partial charge in [0.1, 0.15) is 11.0 Å². The molecule has 4 aliphatic rings. The lowest BCUT2D eigenvalue weighted by molar-refractivity contribution is -0.119. The second kappa shape index (κ2) is 10.9. The van der Waals surface area contributed by atoms with Crippen LogP contribution < -0.4 is 21.3 Å². The van der Waals surface area contributed by atoms with E-state index in [-0.39, 0.29) is 5.91 Å². The number of aliphatic imine (C=N–C) groups is 1. The van der Waals surface area contributed by atoms with Crippen molar-refractivity contribution in [3.8, 4) is 0 Å². The number of carbonyl (C=O) groups excluding carboxylic acids is 1. The lowest BCUT2D eigenvalue weighted by Gasteiger charge is -2.32. The number of methoxy groups -OCH3 is 1. The third-order valence-electron chi connectivity index (χ3n) is 6.72. The molecule has 1 aromatic rings. The molecule has 0 spiro atoms. The van der Waals surface area contributed by atoms with Gasteiger partial charge in [0.05, 0.1) is 18.8 Å². The summed E-state index contributed by atoms with van der Waals surface area (Å²) in [5.74, 6) is 1.32. The molecule has 5 rings (SSSR count).